The van der Waals surface area contributed by atoms with Gasteiger partial charge in [-0.15, -0.1) is 0 Å². The number of likely N-dealkylation sites (N-methyl/N-ethyl adjacent to an activating group) is 1. The van der Waals surface area contributed by atoms with E-state index in [2.05, 4.69) is 74.6 Å². The van der Waals surface area contributed by atoms with Crippen molar-refractivity contribution in [2.75, 3.05) is 47.5 Å². The molecule has 0 aromatic heterocycles. The van der Waals surface area contributed by atoms with Gasteiger partial charge in [0.25, 0.3) is 0 Å². The number of carbonyl (C=O) groups is 3. The molecular formula is C50H85NO11P+. The van der Waals surface area contributed by atoms with Crippen molar-refractivity contribution in [3.05, 3.63) is 72.9 Å². The first-order chi connectivity index (χ1) is 30.2. The lowest BCUT2D eigenvalue weighted by Gasteiger charge is -2.24. The number of carbonyl (C=O) groups excluding carboxylic acids is 3. The maximum absolute atomic E-state index is 12.8. The number of allylic oxidation sites excluding steroid dienone is 11. The first-order valence-electron chi connectivity index (χ1n) is 23.8. The zero-order valence-corrected chi connectivity index (χ0v) is 40.4. The molecule has 6 atom stereocenters. The molecule has 3 N–H and O–H groups in total. The van der Waals surface area contributed by atoms with E-state index in [1.807, 2.05) is 21.1 Å². The Morgan fingerprint density at radius 1 is 0.762 bits per heavy atom. The standard InChI is InChI=1S/C50H84NO11P/c1-6-8-10-11-12-13-14-15-16-17-18-19-20-21-22-23-24-25-30-34-49(55)59-41-44(42-61-63(57,58)60-39-38-51(3,4)5)62-50(56)35-31-27-26-29-33-45-46(48(54)40-47(45)53)37-36-43(52)32-28-9-7-2/h8,10,12-13,15-16,18-19,21-22,36-37,43-47,52-53H,6-7,9,11,14,17,20,23-35,38-42H2,1-5H3/p+1/b10-8-,13-12-,16-15-,19-18-,22-21-,37-36+/t43-,44+,45+,46+,47-/m0/s1. The molecule has 63 heavy (non-hydrogen) atoms. The summed E-state index contributed by atoms with van der Waals surface area (Å²) in [6.07, 6.45) is 38.5. The zero-order chi connectivity index (χ0) is 46.6. The van der Waals surface area contributed by atoms with Crippen molar-refractivity contribution in [3.63, 3.8) is 0 Å². The number of phosphoric acid groups is 1. The molecule has 1 fully saturated rings. The first-order valence-corrected chi connectivity index (χ1v) is 25.3. The molecule has 0 amide bonds. The van der Waals surface area contributed by atoms with E-state index in [9.17, 15) is 34.1 Å². The Balaban J connectivity index is 2.47. The summed E-state index contributed by atoms with van der Waals surface area (Å²) in [6, 6.07) is 0. The van der Waals surface area contributed by atoms with Crippen LogP contribution in [0.25, 0.3) is 0 Å². The van der Waals surface area contributed by atoms with Gasteiger partial charge in [-0.25, -0.2) is 4.57 Å². The minimum absolute atomic E-state index is 0.00205. The van der Waals surface area contributed by atoms with Crippen LogP contribution in [0.4, 0.5) is 0 Å². The summed E-state index contributed by atoms with van der Waals surface area (Å²) in [6.45, 7) is 3.88. The van der Waals surface area contributed by atoms with E-state index in [1.165, 1.54) is 0 Å². The highest BCUT2D eigenvalue weighted by Crippen LogP contribution is 2.43. The molecular weight excluding hydrogens is 822 g/mol. The van der Waals surface area contributed by atoms with Crippen LogP contribution in [0, 0.1) is 11.8 Å². The lowest BCUT2D eigenvalue weighted by molar-refractivity contribution is -0.870. The number of aliphatic hydroxyl groups excluding tert-OH is 2. The van der Waals surface area contributed by atoms with Gasteiger partial charge >= 0.3 is 19.8 Å². The Kier molecular flexibility index (Phi) is 33.4. The molecule has 0 spiro atoms. The van der Waals surface area contributed by atoms with E-state index in [1.54, 1.807) is 12.2 Å². The number of quaternary nitrogens is 1. The summed E-state index contributed by atoms with van der Waals surface area (Å²) in [5.41, 5.74) is 0. The largest absolute Gasteiger partial charge is 0.472 e. The van der Waals surface area contributed by atoms with E-state index < -0.39 is 50.6 Å². The van der Waals surface area contributed by atoms with Crippen LogP contribution in [0.3, 0.4) is 0 Å². The normalized spacial score (nSPS) is 19.4. The average molecular weight is 907 g/mol. The number of ketones is 1. The molecule has 1 unspecified atom stereocenters. The second kappa shape index (κ2) is 36.3. The van der Waals surface area contributed by atoms with E-state index >= 15 is 0 Å². The fraction of sp³-hybridized carbons (Fsp3) is 0.700. The van der Waals surface area contributed by atoms with E-state index in [4.69, 9.17) is 18.5 Å². The van der Waals surface area contributed by atoms with Gasteiger partial charge in [0, 0.05) is 25.2 Å². The quantitative estimate of drug-likeness (QED) is 0.0177. The zero-order valence-electron chi connectivity index (χ0n) is 39.5. The first kappa shape index (κ1) is 58.1. The Morgan fingerprint density at radius 3 is 1.97 bits per heavy atom. The number of hydrogen-bond donors (Lipinski definition) is 3. The number of hydrogen-bond acceptors (Lipinski definition) is 10. The van der Waals surface area contributed by atoms with Crippen LogP contribution in [0.1, 0.15) is 149 Å². The summed E-state index contributed by atoms with van der Waals surface area (Å²) < 4.78 is 34.3. The van der Waals surface area contributed by atoms with Gasteiger partial charge in [0.15, 0.2) is 6.10 Å². The molecule has 1 saturated carbocycles. The SMILES string of the molecule is CC/C=C\C/C=C\C/C=C\C/C=C\C/C=C\CCCCCC(=O)OC[C@H](COP(=O)(O)OCC[N+](C)(C)C)OC(=O)CCCCCC[C@H]1[C@@H](O)CC(=O)[C@@H]1/C=C/[C@@H](O)CCCCC. The lowest BCUT2D eigenvalue weighted by atomic mass is 9.88. The van der Waals surface area contributed by atoms with Gasteiger partial charge in [-0.3, -0.25) is 23.4 Å². The van der Waals surface area contributed by atoms with Crippen molar-refractivity contribution in [2.24, 2.45) is 11.8 Å². The van der Waals surface area contributed by atoms with Crippen LogP contribution in [0.15, 0.2) is 72.9 Å². The van der Waals surface area contributed by atoms with Crippen molar-refractivity contribution < 1.29 is 57.1 Å². The van der Waals surface area contributed by atoms with Gasteiger partial charge in [-0.05, 0) is 76.5 Å². The van der Waals surface area contributed by atoms with Crippen LogP contribution in [0.5, 0.6) is 0 Å². The summed E-state index contributed by atoms with van der Waals surface area (Å²) in [7, 11) is 1.30. The molecule has 1 aliphatic rings. The number of phosphoric ester groups is 1. The second-order valence-electron chi connectivity index (χ2n) is 17.5. The molecule has 0 saturated heterocycles. The van der Waals surface area contributed by atoms with Gasteiger partial charge < -0.3 is 29.1 Å². The van der Waals surface area contributed by atoms with Crippen LogP contribution in [-0.2, 0) is 37.5 Å². The van der Waals surface area contributed by atoms with Crippen molar-refractivity contribution in [3.8, 4) is 0 Å². The maximum Gasteiger partial charge on any atom is 0.472 e. The summed E-state index contributed by atoms with van der Waals surface area (Å²) in [5.74, 6) is -1.60. The van der Waals surface area contributed by atoms with Crippen molar-refractivity contribution >= 4 is 25.5 Å². The van der Waals surface area contributed by atoms with Crippen molar-refractivity contribution in [1.29, 1.82) is 0 Å². The number of aliphatic hydroxyl groups is 2. The van der Waals surface area contributed by atoms with Gasteiger partial charge in [-0.1, -0.05) is 132 Å². The molecule has 0 aromatic rings. The minimum atomic E-state index is -4.46. The molecule has 0 heterocycles. The lowest BCUT2D eigenvalue weighted by Crippen LogP contribution is -2.37. The third-order valence-corrected chi connectivity index (χ3v) is 11.6. The highest BCUT2D eigenvalue weighted by atomic mass is 31.2. The predicted molar refractivity (Wildman–Crippen MR) is 253 cm³/mol. The minimum Gasteiger partial charge on any atom is -0.462 e. The van der Waals surface area contributed by atoms with E-state index in [0.717, 1.165) is 83.5 Å². The molecule has 1 rings (SSSR count). The fourth-order valence-electron chi connectivity index (χ4n) is 6.88. The third kappa shape index (κ3) is 33.2. The molecule has 0 aliphatic heterocycles. The Bertz CT molecular complexity index is 1460. The molecule has 0 bridgehead atoms. The van der Waals surface area contributed by atoms with Crippen LogP contribution in [-0.4, -0.2) is 103 Å². The van der Waals surface area contributed by atoms with E-state index in [-0.39, 0.29) is 44.2 Å². The average Bonchev–Trinajstić information content (AvgIpc) is 3.50. The summed E-state index contributed by atoms with van der Waals surface area (Å²) in [4.78, 5) is 48.2. The monoisotopic (exact) mass is 907 g/mol. The van der Waals surface area contributed by atoms with Gasteiger partial charge in [0.2, 0.25) is 0 Å². The Morgan fingerprint density at radius 2 is 1.35 bits per heavy atom. The third-order valence-electron chi connectivity index (χ3n) is 10.6. The van der Waals surface area contributed by atoms with Crippen molar-refractivity contribution in [2.45, 2.75) is 167 Å². The molecule has 0 aromatic carbocycles. The predicted octanol–water partition coefficient (Wildman–Crippen LogP) is 10.4. The highest BCUT2D eigenvalue weighted by Gasteiger charge is 2.39. The van der Waals surface area contributed by atoms with Gasteiger partial charge in [-0.2, -0.15) is 0 Å². The molecule has 13 heteroatoms. The summed E-state index contributed by atoms with van der Waals surface area (Å²) in [5, 5.41) is 20.8. The highest BCUT2D eigenvalue weighted by molar-refractivity contribution is 7.47. The van der Waals surface area contributed by atoms with E-state index in [0.29, 0.717) is 43.1 Å². The molecule has 12 nitrogen and oxygen atoms in total. The van der Waals surface area contributed by atoms with Crippen LogP contribution >= 0.6 is 7.82 Å². The number of ether oxygens (including phenoxy) is 2. The second-order valence-corrected chi connectivity index (χ2v) is 19.0. The van der Waals surface area contributed by atoms with Crippen LogP contribution in [0.2, 0.25) is 0 Å². The fourth-order valence-corrected chi connectivity index (χ4v) is 7.63. The topological polar surface area (TPSA) is 166 Å². The number of esters is 2. The number of Topliss-reactive ketones (excluding diaryl/α,β-unsaturated/α-hetero) is 1. The number of nitrogens with zero attached hydrogens (tertiary/aromatic N) is 1. The Labute approximate surface area is 380 Å². The smallest absolute Gasteiger partial charge is 0.462 e. The maximum atomic E-state index is 12.8. The van der Waals surface area contributed by atoms with Crippen LogP contribution < -0.4 is 0 Å². The molecule has 0 radical (unpaired) electrons. The molecule has 1 aliphatic carbocycles. The number of rotatable bonds is 38. The summed E-state index contributed by atoms with van der Waals surface area (Å²) >= 11 is 0. The van der Waals surface area contributed by atoms with Gasteiger partial charge in [0.1, 0.15) is 25.5 Å². The molecule has 360 valence electrons. The van der Waals surface area contributed by atoms with Gasteiger partial charge in [0.05, 0.1) is 40.0 Å². The van der Waals surface area contributed by atoms with Crippen molar-refractivity contribution in [1.82, 2.24) is 0 Å². The Hall–Kier alpha value is -2.96. The number of unbranched alkanes of at least 4 members (excludes halogenated alkanes) is 8.